The van der Waals surface area contributed by atoms with Gasteiger partial charge in [-0.05, 0) is 56.1 Å². The molecule has 1 aromatic carbocycles. The second-order valence-electron chi connectivity index (χ2n) is 10.6. The predicted octanol–water partition coefficient (Wildman–Crippen LogP) is 4.14. The number of likely N-dealkylation sites (tertiary alicyclic amines) is 1. The maximum Gasteiger partial charge on any atom is 0.303 e. The fraction of sp³-hybridized carbons (Fsp3) is 0.667. The molecule has 1 aromatic rings. The Hall–Kier alpha value is -2.57. The smallest absolute Gasteiger partial charge is 0.303 e. The number of carboxylic acid groups (broad SMARTS) is 1. The van der Waals surface area contributed by atoms with Crippen LogP contribution in [0.1, 0.15) is 71.3 Å². The topological polar surface area (TPSA) is 87.2 Å². The predicted molar refractivity (Wildman–Crippen MR) is 131 cm³/mol. The third-order valence-corrected chi connectivity index (χ3v) is 7.40. The van der Waals surface area contributed by atoms with Crippen molar-refractivity contribution < 1.29 is 24.2 Å². The zero-order valence-electron chi connectivity index (χ0n) is 21.0. The zero-order chi connectivity index (χ0) is 24.8. The molecule has 2 amide bonds. The van der Waals surface area contributed by atoms with Crippen LogP contribution in [-0.4, -0.2) is 65.5 Å². The number of carbonyl (C=O) groups excluding carboxylic acids is 2. The minimum atomic E-state index is -0.888. The van der Waals surface area contributed by atoms with Gasteiger partial charge < -0.3 is 19.6 Å². The molecule has 1 spiro atoms. The normalized spacial score (nSPS) is 19.6. The van der Waals surface area contributed by atoms with Crippen LogP contribution >= 0.6 is 0 Å². The Labute approximate surface area is 203 Å². The summed E-state index contributed by atoms with van der Waals surface area (Å²) >= 11 is 0. The lowest BCUT2D eigenvalue weighted by Crippen LogP contribution is -2.52. The van der Waals surface area contributed by atoms with Gasteiger partial charge in [-0.15, -0.1) is 0 Å². The highest BCUT2D eigenvalue weighted by atomic mass is 16.5. The number of aryl methyl sites for hydroxylation is 1. The molecule has 2 heterocycles. The van der Waals surface area contributed by atoms with Gasteiger partial charge in [0.05, 0.1) is 18.4 Å². The van der Waals surface area contributed by atoms with Gasteiger partial charge in [-0.3, -0.25) is 14.4 Å². The summed E-state index contributed by atoms with van der Waals surface area (Å²) in [6.07, 6.45) is 5.20. The quantitative estimate of drug-likeness (QED) is 0.696. The second kappa shape index (κ2) is 11.2. The Morgan fingerprint density at radius 1 is 1.06 bits per heavy atom. The van der Waals surface area contributed by atoms with E-state index < -0.39 is 16.8 Å². The van der Waals surface area contributed by atoms with E-state index in [2.05, 4.69) is 6.07 Å². The van der Waals surface area contributed by atoms with Gasteiger partial charge >= 0.3 is 5.97 Å². The van der Waals surface area contributed by atoms with Crippen LogP contribution in [0.4, 0.5) is 0 Å². The van der Waals surface area contributed by atoms with Crippen molar-refractivity contribution >= 4 is 17.8 Å². The molecule has 0 atom stereocenters. The molecule has 7 heteroatoms. The number of carboxylic acids is 1. The first-order chi connectivity index (χ1) is 16.2. The molecule has 0 saturated carbocycles. The molecule has 1 saturated heterocycles. The average molecular weight is 473 g/mol. The molecule has 1 fully saturated rings. The van der Waals surface area contributed by atoms with Crippen molar-refractivity contribution in [3.8, 4) is 5.75 Å². The van der Waals surface area contributed by atoms with E-state index in [4.69, 9.17) is 9.84 Å². The van der Waals surface area contributed by atoms with Crippen molar-refractivity contribution in [2.45, 2.75) is 72.1 Å². The molecular weight excluding hydrogens is 432 g/mol. The van der Waals surface area contributed by atoms with E-state index >= 15 is 0 Å². The van der Waals surface area contributed by atoms with Crippen molar-refractivity contribution in [2.24, 2.45) is 10.8 Å². The van der Waals surface area contributed by atoms with Crippen LogP contribution in [-0.2, 0) is 20.8 Å². The molecule has 1 N–H and O–H groups in total. The minimum absolute atomic E-state index is 0.0148. The van der Waals surface area contributed by atoms with Gasteiger partial charge in [-0.1, -0.05) is 38.5 Å². The van der Waals surface area contributed by atoms with Crippen LogP contribution < -0.4 is 4.74 Å². The number of likely N-dealkylation sites (N-methyl/N-ethyl adjacent to an activating group) is 1. The summed E-state index contributed by atoms with van der Waals surface area (Å²) in [7, 11) is 0. The van der Waals surface area contributed by atoms with Gasteiger partial charge in [0.1, 0.15) is 12.4 Å². The molecule has 0 aliphatic carbocycles. The van der Waals surface area contributed by atoms with Crippen LogP contribution in [0.15, 0.2) is 24.3 Å². The summed E-state index contributed by atoms with van der Waals surface area (Å²) in [6.45, 7) is 8.40. The van der Waals surface area contributed by atoms with Crippen LogP contribution in [0.5, 0.6) is 5.75 Å². The van der Waals surface area contributed by atoms with Gasteiger partial charge in [0, 0.05) is 26.1 Å². The summed E-state index contributed by atoms with van der Waals surface area (Å²) in [4.78, 5) is 41.5. The summed E-state index contributed by atoms with van der Waals surface area (Å²) in [5.41, 5.74) is 0.189. The number of fused-ring (bicyclic) bond motifs is 1. The number of carbonyl (C=O) groups is 3. The van der Waals surface area contributed by atoms with Crippen molar-refractivity contribution in [3.63, 3.8) is 0 Å². The first kappa shape index (κ1) is 26.0. The highest BCUT2D eigenvalue weighted by Gasteiger charge is 2.44. The number of para-hydroxylation sites is 1. The standard InChI is InChI=1S/C27H40N2O5/c1-4-28-17-18-34-22-11-6-5-9-21(22)10-7-8-12-27(25(28)33)13-15-29(16-14-27)23(30)19-26(2,3)20-24(31)32/h5-6,9,11H,4,7-8,10,12-20H2,1-3H3,(H,31,32). The van der Waals surface area contributed by atoms with E-state index in [0.29, 0.717) is 45.6 Å². The van der Waals surface area contributed by atoms with Gasteiger partial charge in [0.15, 0.2) is 0 Å². The lowest BCUT2D eigenvalue weighted by Gasteiger charge is -2.44. The zero-order valence-corrected chi connectivity index (χ0v) is 21.0. The molecule has 2 aliphatic rings. The molecule has 0 radical (unpaired) electrons. The van der Waals surface area contributed by atoms with Gasteiger partial charge in [-0.2, -0.15) is 0 Å². The number of ether oxygens (including phenoxy) is 1. The minimum Gasteiger partial charge on any atom is -0.491 e. The van der Waals surface area contributed by atoms with Crippen molar-refractivity contribution in [1.29, 1.82) is 0 Å². The Morgan fingerprint density at radius 2 is 1.76 bits per heavy atom. The van der Waals surface area contributed by atoms with Gasteiger partial charge in [0.25, 0.3) is 0 Å². The first-order valence-electron chi connectivity index (χ1n) is 12.7. The lowest BCUT2D eigenvalue weighted by molar-refractivity contribution is -0.150. The molecule has 3 rings (SSSR count). The molecule has 2 aliphatic heterocycles. The number of amides is 2. The molecule has 188 valence electrons. The maximum atomic E-state index is 13.7. The Balaban J connectivity index is 1.69. The SMILES string of the molecule is CCN1CCOc2ccccc2CCCCC2(CCN(C(=O)CC(C)(C)CC(=O)O)CC2)C1=O. The van der Waals surface area contributed by atoms with E-state index in [0.717, 1.165) is 31.4 Å². The van der Waals surface area contributed by atoms with E-state index in [1.807, 2.05) is 48.8 Å². The monoisotopic (exact) mass is 472 g/mol. The van der Waals surface area contributed by atoms with Crippen molar-refractivity contribution in [1.82, 2.24) is 9.80 Å². The number of hydrogen-bond donors (Lipinski definition) is 1. The Bertz CT molecular complexity index is 874. The summed E-state index contributed by atoms with van der Waals surface area (Å²) < 4.78 is 6.05. The molecule has 0 unspecified atom stereocenters. The largest absolute Gasteiger partial charge is 0.491 e. The van der Waals surface area contributed by atoms with Crippen molar-refractivity contribution in [2.75, 3.05) is 32.8 Å². The fourth-order valence-corrected chi connectivity index (χ4v) is 5.38. The Morgan fingerprint density at radius 3 is 2.44 bits per heavy atom. The number of hydrogen-bond acceptors (Lipinski definition) is 4. The third-order valence-electron chi connectivity index (χ3n) is 7.40. The third kappa shape index (κ3) is 6.51. The van der Waals surface area contributed by atoms with Crippen LogP contribution in [0.25, 0.3) is 0 Å². The van der Waals surface area contributed by atoms with Crippen LogP contribution in [0.3, 0.4) is 0 Å². The van der Waals surface area contributed by atoms with Crippen molar-refractivity contribution in [3.05, 3.63) is 29.8 Å². The molecule has 0 bridgehead atoms. The first-order valence-corrected chi connectivity index (χ1v) is 12.7. The molecule has 34 heavy (non-hydrogen) atoms. The van der Waals surface area contributed by atoms with Crippen LogP contribution in [0, 0.1) is 10.8 Å². The fourth-order valence-electron chi connectivity index (χ4n) is 5.38. The summed E-state index contributed by atoms with van der Waals surface area (Å²) in [5.74, 6) is 0.198. The highest BCUT2D eigenvalue weighted by Crippen LogP contribution is 2.40. The lowest BCUT2D eigenvalue weighted by atomic mass is 9.72. The Kier molecular flexibility index (Phi) is 8.61. The molecule has 7 nitrogen and oxygen atoms in total. The van der Waals surface area contributed by atoms with E-state index in [1.54, 1.807) is 0 Å². The number of nitrogens with zero attached hydrogens (tertiary/aromatic N) is 2. The summed E-state index contributed by atoms with van der Waals surface area (Å²) in [5, 5.41) is 9.12. The number of aliphatic carboxylic acids is 1. The van der Waals surface area contributed by atoms with E-state index in [1.165, 1.54) is 5.56 Å². The highest BCUT2D eigenvalue weighted by molar-refractivity contribution is 5.84. The maximum absolute atomic E-state index is 13.7. The van der Waals surface area contributed by atoms with Gasteiger partial charge in [-0.25, -0.2) is 0 Å². The summed E-state index contributed by atoms with van der Waals surface area (Å²) in [6, 6.07) is 8.16. The average Bonchev–Trinajstić information content (AvgIpc) is 2.78. The van der Waals surface area contributed by atoms with Gasteiger partial charge in [0.2, 0.25) is 11.8 Å². The molecular formula is C27H40N2O5. The number of benzene rings is 1. The van der Waals surface area contributed by atoms with E-state index in [-0.39, 0.29) is 24.7 Å². The molecule has 0 aromatic heterocycles. The number of rotatable bonds is 5. The van der Waals surface area contributed by atoms with Crippen LogP contribution in [0.2, 0.25) is 0 Å². The number of piperidine rings is 1. The second-order valence-corrected chi connectivity index (χ2v) is 10.6. The van der Waals surface area contributed by atoms with E-state index in [9.17, 15) is 14.4 Å².